The lowest BCUT2D eigenvalue weighted by atomic mass is 10.1. The van der Waals surface area contributed by atoms with Gasteiger partial charge in [-0.1, -0.05) is 29.4 Å². The maximum Gasteiger partial charge on any atom is 0.170 e. The molecule has 0 saturated carbocycles. The van der Waals surface area contributed by atoms with Crippen LogP contribution in [-0.2, 0) is 6.42 Å². The van der Waals surface area contributed by atoms with Crippen molar-refractivity contribution in [2.45, 2.75) is 6.42 Å². The zero-order chi connectivity index (χ0) is 18.6. The van der Waals surface area contributed by atoms with Crippen molar-refractivity contribution in [3.8, 4) is 22.8 Å². The summed E-state index contributed by atoms with van der Waals surface area (Å²) in [4.78, 5) is 4.05. The van der Waals surface area contributed by atoms with Gasteiger partial charge in [-0.15, -0.1) is 0 Å². The summed E-state index contributed by atoms with van der Waals surface area (Å²) >= 11 is 0. The predicted molar refractivity (Wildman–Crippen MR) is 99.9 cm³/mol. The predicted octanol–water partition coefficient (Wildman–Crippen LogP) is 4.84. The van der Waals surface area contributed by atoms with E-state index in [4.69, 9.17) is 15.0 Å². The lowest BCUT2D eigenvalue weighted by Crippen LogP contribution is -1.92. The van der Waals surface area contributed by atoms with Gasteiger partial charge in [-0.05, 0) is 42.0 Å². The summed E-state index contributed by atoms with van der Waals surface area (Å²) in [7, 11) is 0. The first-order valence-corrected chi connectivity index (χ1v) is 8.37. The molecule has 0 atom stereocenters. The highest BCUT2D eigenvalue weighted by atomic mass is 19.1. The third kappa shape index (κ3) is 3.79. The number of aromatic nitrogens is 2. The second kappa shape index (κ2) is 7.29. The minimum absolute atomic E-state index is 0.195. The highest BCUT2D eigenvalue weighted by Gasteiger charge is 2.11. The van der Waals surface area contributed by atoms with Crippen molar-refractivity contribution < 1.29 is 13.7 Å². The smallest absolute Gasteiger partial charge is 0.170 e. The molecule has 0 radical (unpaired) electrons. The Hall–Kier alpha value is -3.67. The van der Waals surface area contributed by atoms with Gasteiger partial charge in [0.15, 0.2) is 17.3 Å². The Labute approximate surface area is 155 Å². The van der Waals surface area contributed by atoms with E-state index in [1.54, 1.807) is 42.6 Å². The number of anilines is 1. The van der Waals surface area contributed by atoms with Crippen molar-refractivity contribution in [1.29, 1.82) is 0 Å². The number of nitrogens with zero attached hydrogens (tertiary/aromatic N) is 2. The van der Waals surface area contributed by atoms with Gasteiger partial charge in [0, 0.05) is 18.7 Å². The molecule has 0 aliphatic rings. The molecule has 0 aliphatic carbocycles. The number of pyridine rings is 1. The van der Waals surface area contributed by atoms with Crippen LogP contribution in [0.5, 0.6) is 11.5 Å². The zero-order valence-corrected chi connectivity index (χ0v) is 14.3. The third-order valence-electron chi connectivity index (χ3n) is 4.04. The molecule has 2 N–H and O–H groups in total. The van der Waals surface area contributed by atoms with E-state index in [0.717, 1.165) is 11.3 Å². The fraction of sp³-hybridized carbons (Fsp3) is 0.0476. The summed E-state index contributed by atoms with van der Waals surface area (Å²) < 4.78 is 24.6. The van der Waals surface area contributed by atoms with Crippen LogP contribution in [0.3, 0.4) is 0 Å². The average molecular weight is 361 g/mol. The van der Waals surface area contributed by atoms with E-state index in [-0.39, 0.29) is 5.75 Å². The molecule has 0 aliphatic heterocycles. The van der Waals surface area contributed by atoms with Gasteiger partial charge in [0.25, 0.3) is 0 Å². The lowest BCUT2D eigenvalue weighted by molar-refractivity contribution is 0.425. The SMILES string of the molecule is Nc1ncccc1-c1cc(Cc2ccc(Oc3ccccc3F)cc2)no1. The number of hydrogen-bond acceptors (Lipinski definition) is 5. The van der Waals surface area contributed by atoms with E-state index in [2.05, 4.69) is 10.1 Å². The number of rotatable bonds is 5. The standard InChI is InChI=1S/C21H16FN3O2/c22-18-5-1-2-6-19(18)26-16-9-7-14(8-10-16)12-15-13-20(27-25-15)17-4-3-11-24-21(17)23/h1-11,13H,12H2,(H2,23,24). The number of para-hydroxylation sites is 1. The number of hydrogen-bond donors (Lipinski definition) is 1. The summed E-state index contributed by atoms with van der Waals surface area (Å²) in [6, 6.07) is 19.2. The van der Waals surface area contributed by atoms with E-state index >= 15 is 0 Å². The quantitative estimate of drug-likeness (QED) is 0.550. The largest absolute Gasteiger partial charge is 0.454 e. The van der Waals surface area contributed by atoms with Gasteiger partial charge in [-0.25, -0.2) is 9.37 Å². The van der Waals surface area contributed by atoms with Crippen LogP contribution in [-0.4, -0.2) is 10.1 Å². The third-order valence-corrected chi connectivity index (χ3v) is 4.04. The molecule has 2 aromatic heterocycles. The van der Waals surface area contributed by atoms with Crippen molar-refractivity contribution >= 4 is 5.82 Å². The summed E-state index contributed by atoms with van der Waals surface area (Å²) in [6.45, 7) is 0. The van der Waals surface area contributed by atoms with Gasteiger partial charge in [0.05, 0.1) is 11.3 Å². The number of nitrogens with two attached hydrogens (primary N) is 1. The molecule has 0 saturated heterocycles. The molecular formula is C21H16FN3O2. The monoisotopic (exact) mass is 361 g/mol. The van der Waals surface area contributed by atoms with Crippen molar-refractivity contribution in [3.63, 3.8) is 0 Å². The number of benzene rings is 2. The van der Waals surface area contributed by atoms with E-state index in [1.165, 1.54) is 6.07 Å². The van der Waals surface area contributed by atoms with Crippen LogP contribution >= 0.6 is 0 Å². The Morgan fingerprint density at radius 1 is 1.00 bits per heavy atom. The van der Waals surface area contributed by atoms with Crippen LogP contribution in [0.4, 0.5) is 10.2 Å². The summed E-state index contributed by atoms with van der Waals surface area (Å²) in [5.41, 5.74) is 8.38. The lowest BCUT2D eigenvalue weighted by Gasteiger charge is -2.07. The minimum Gasteiger partial charge on any atom is -0.454 e. The maximum atomic E-state index is 13.7. The van der Waals surface area contributed by atoms with Gasteiger partial charge in [-0.2, -0.15) is 0 Å². The Bertz CT molecular complexity index is 1060. The average Bonchev–Trinajstić information content (AvgIpc) is 3.14. The Morgan fingerprint density at radius 3 is 2.59 bits per heavy atom. The molecule has 0 bridgehead atoms. The first kappa shape index (κ1) is 16.8. The van der Waals surface area contributed by atoms with Gasteiger partial charge < -0.3 is 15.0 Å². The maximum absolute atomic E-state index is 13.7. The fourth-order valence-corrected chi connectivity index (χ4v) is 2.69. The van der Waals surface area contributed by atoms with E-state index in [9.17, 15) is 4.39 Å². The molecule has 0 fully saturated rings. The van der Waals surface area contributed by atoms with E-state index < -0.39 is 5.82 Å². The molecular weight excluding hydrogens is 345 g/mol. The topological polar surface area (TPSA) is 74.2 Å². The van der Waals surface area contributed by atoms with Crippen LogP contribution in [0, 0.1) is 5.82 Å². The molecule has 4 aromatic rings. The van der Waals surface area contributed by atoms with Crippen LogP contribution in [0.1, 0.15) is 11.3 Å². The normalized spacial score (nSPS) is 10.7. The molecule has 4 rings (SSSR count). The van der Waals surface area contributed by atoms with Crippen molar-refractivity contribution in [2.75, 3.05) is 5.73 Å². The fourth-order valence-electron chi connectivity index (χ4n) is 2.69. The Kier molecular flexibility index (Phi) is 4.53. The van der Waals surface area contributed by atoms with Crippen LogP contribution in [0.15, 0.2) is 77.4 Å². The molecule has 0 unspecified atom stereocenters. The Balaban J connectivity index is 1.46. The van der Waals surface area contributed by atoms with E-state index in [0.29, 0.717) is 29.3 Å². The number of nitrogen functional groups attached to an aromatic ring is 1. The number of ether oxygens (including phenoxy) is 1. The molecule has 134 valence electrons. The summed E-state index contributed by atoms with van der Waals surface area (Å²) in [5, 5.41) is 4.09. The Morgan fingerprint density at radius 2 is 1.81 bits per heavy atom. The highest BCUT2D eigenvalue weighted by molar-refractivity contribution is 5.69. The molecule has 6 heteroatoms. The second-order valence-corrected chi connectivity index (χ2v) is 5.97. The number of halogens is 1. The van der Waals surface area contributed by atoms with Gasteiger partial charge in [0.2, 0.25) is 0 Å². The molecule has 0 amide bonds. The first-order valence-electron chi connectivity index (χ1n) is 8.37. The molecule has 2 aromatic carbocycles. The van der Waals surface area contributed by atoms with Gasteiger partial charge in [-0.3, -0.25) is 0 Å². The van der Waals surface area contributed by atoms with Gasteiger partial charge >= 0.3 is 0 Å². The first-order chi connectivity index (χ1) is 13.2. The zero-order valence-electron chi connectivity index (χ0n) is 14.3. The van der Waals surface area contributed by atoms with Gasteiger partial charge in [0.1, 0.15) is 11.6 Å². The van der Waals surface area contributed by atoms with Crippen molar-refractivity contribution in [1.82, 2.24) is 10.1 Å². The van der Waals surface area contributed by atoms with Crippen LogP contribution in [0.2, 0.25) is 0 Å². The van der Waals surface area contributed by atoms with Crippen LogP contribution in [0.25, 0.3) is 11.3 Å². The molecule has 5 nitrogen and oxygen atoms in total. The highest BCUT2D eigenvalue weighted by Crippen LogP contribution is 2.27. The van der Waals surface area contributed by atoms with Crippen molar-refractivity contribution in [3.05, 3.63) is 90.0 Å². The minimum atomic E-state index is -0.397. The molecule has 27 heavy (non-hydrogen) atoms. The summed E-state index contributed by atoms with van der Waals surface area (Å²) in [6.07, 6.45) is 2.21. The van der Waals surface area contributed by atoms with Crippen LogP contribution < -0.4 is 10.5 Å². The second-order valence-electron chi connectivity index (χ2n) is 5.97. The molecule has 2 heterocycles. The van der Waals surface area contributed by atoms with Crippen molar-refractivity contribution in [2.24, 2.45) is 0 Å². The molecule has 0 spiro atoms. The summed E-state index contributed by atoms with van der Waals surface area (Å²) in [5.74, 6) is 1.34. The van der Waals surface area contributed by atoms with E-state index in [1.807, 2.05) is 24.3 Å².